The molecule has 0 atom stereocenters. The van der Waals surface area contributed by atoms with Gasteiger partial charge in [0.15, 0.2) is 0 Å². The molecular weight excluding hydrogens is 435 g/mol. The summed E-state index contributed by atoms with van der Waals surface area (Å²) in [5.41, 5.74) is 0. The van der Waals surface area contributed by atoms with Crippen LogP contribution < -0.4 is 0 Å². The van der Waals surface area contributed by atoms with Crippen molar-refractivity contribution in [3.8, 4) is 0 Å². The summed E-state index contributed by atoms with van der Waals surface area (Å²) in [4.78, 5) is 0. The highest BCUT2D eigenvalue weighted by Gasteiger charge is 2.10. The Morgan fingerprint density at radius 2 is 0.818 bits per heavy atom. The van der Waals surface area contributed by atoms with Crippen LogP contribution in [0.25, 0.3) is 0 Å². The molecule has 0 N–H and O–H groups in total. The standard InChI is InChI=1S/C28H57FO3S/c1-2-3-4-5-6-7-8-9-10-11-12-13-15-18-21-24-27-32-33(30,31)28-25-22-19-16-14-17-20-23-26-29/h2-28H2,1H3. The van der Waals surface area contributed by atoms with Crippen molar-refractivity contribution in [2.75, 3.05) is 19.0 Å². The number of unbranched alkanes of at least 4 members (excludes halogenated alkanes) is 22. The predicted octanol–water partition coefficient (Wildman–Crippen LogP) is 9.68. The Balaban J connectivity index is 3.27. The van der Waals surface area contributed by atoms with Gasteiger partial charge in [0.25, 0.3) is 10.1 Å². The highest BCUT2D eigenvalue weighted by molar-refractivity contribution is 7.86. The Labute approximate surface area is 207 Å². The van der Waals surface area contributed by atoms with E-state index in [1.165, 1.54) is 89.9 Å². The van der Waals surface area contributed by atoms with Gasteiger partial charge in [0.1, 0.15) is 0 Å². The van der Waals surface area contributed by atoms with Crippen LogP contribution in [0.1, 0.15) is 161 Å². The lowest BCUT2D eigenvalue weighted by atomic mass is 10.0. The number of rotatable bonds is 28. The quantitative estimate of drug-likeness (QED) is 0.0806. The van der Waals surface area contributed by atoms with Gasteiger partial charge >= 0.3 is 0 Å². The van der Waals surface area contributed by atoms with E-state index in [0.29, 0.717) is 19.4 Å². The lowest BCUT2D eigenvalue weighted by Crippen LogP contribution is -2.11. The predicted molar refractivity (Wildman–Crippen MR) is 142 cm³/mol. The maximum atomic E-state index is 12.0. The van der Waals surface area contributed by atoms with Gasteiger partial charge in [0.05, 0.1) is 19.0 Å². The normalized spacial score (nSPS) is 11.9. The maximum absolute atomic E-state index is 12.0. The average Bonchev–Trinajstić information content (AvgIpc) is 2.80. The SMILES string of the molecule is CCCCCCCCCCCCCCCCCCOS(=O)(=O)CCCCCCCCCCF. The van der Waals surface area contributed by atoms with Crippen LogP contribution in [0.4, 0.5) is 4.39 Å². The fraction of sp³-hybridized carbons (Fsp3) is 1.00. The van der Waals surface area contributed by atoms with Gasteiger partial charge in [0.2, 0.25) is 0 Å². The minimum atomic E-state index is -3.35. The van der Waals surface area contributed by atoms with E-state index in [9.17, 15) is 12.8 Å². The van der Waals surface area contributed by atoms with Crippen LogP contribution in [0.15, 0.2) is 0 Å². The highest BCUT2D eigenvalue weighted by Crippen LogP contribution is 2.14. The molecule has 0 spiro atoms. The molecule has 0 aromatic rings. The number of hydrogen-bond acceptors (Lipinski definition) is 3. The molecule has 0 bridgehead atoms. The smallest absolute Gasteiger partial charge is 0.267 e. The molecular formula is C28H57FO3S. The first-order valence-electron chi connectivity index (χ1n) is 14.6. The fourth-order valence-corrected chi connectivity index (χ4v) is 5.38. The molecule has 0 aromatic heterocycles. The Morgan fingerprint density at radius 3 is 1.21 bits per heavy atom. The van der Waals surface area contributed by atoms with Crippen LogP contribution in [0.5, 0.6) is 0 Å². The summed E-state index contributed by atoms with van der Waals surface area (Å²) < 4.78 is 41.0. The zero-order chi connectivity index (χ0) is 24.3. The third kappa shape index (κ3) is 28.0. The van der Waals surface area contributed by atoms with E-state index in [2.05, 4.69) is 6.92 Å². The topological polar surface area (TPSA) is 43.4 Å². The molecule has 0 heterocycles. The molecule has 0 amide bonds. The number of hydrogen-bond donors (Lipinski definition) is 0. The minimum Gasteiger partial charge on any atom is -0.270 e. The Hall–Kier alpha value is -0.160. The van der Waals surface area contributed by atoms with Crippen LogP contribution in [0, 0.1) is 0 Å². The molecule has 0 saturated carbocycles. The van der Waals surface area contributed by atoms with Crippen molar-refractivity contribution in [1.29, 1.82) is 0 Å². The minimum absolute atomic E-state index is 0.147. The summed E-state index contributed by atoms with van der Waals surface area (Å²) in [6.45, 7) is 2.40. The summed E-state index contributed by atoms with van der Waals surface area (Å²) in [6.07, 6.45) is 28.7. The molecule has 3 nitrogen and oxygen atoms in total. The molecule has 5 heteroatoms. The van der Waals surface area contributed by atoms with Crippen molar-refractivity contribution < 1.29 is 17.0 Å². The van der Waals surface area contributed by atoms with Crippen molar-refractivity contribution in [2.45, 2.75) is 161 Å². The van der Waals surface area contributed by atoms with Crippen molar-refractivity contribution in [3.05, 3.63) is 0 Å². The second-order valence-electron chi connectivity index (χ2n) is 9.90. The Morgan fingerprint density at radius 1 is 0.485 bits per heavy atom. The van der Waals surface area contributed by atoms with Gasteiger partial charge in [0, 0.05) is 0 Å². The van der Waals surface area contributed by atoms with Gasteiger partial charge in [-0.15, -0.1) is 0 Å². The van der Waals surface area contributed by atoms with Crippen LogP contribution in [-0.2, 0) is 14.3 Å². The van der Waals surface area contributed by atoms with Crippen molar-refractivity contribution >= 4 is 10.1 Å². The van der Waals surface area contributed by atoms with E-state index < -0.39 is 10.1 Å². The molecule has 0 radical (unpaired) electrons. The van der Waals surface area contributed by atoms with Crippen LogP contribution >= 0.6 is 0 Å². The molecule has 0 aliphatic carbocycles. The van der Waals surface area contributed by atoms with E-state index in [0.717, 1.165) is 51.4 Å². The summed E-state index contributed by atoms with van der Waals surface area (Å²) in [7, 11) is -3.35. The highest BCUT2D eigenvalue weighted by atomic mass is 32.2. The second kappa shape index (κ2) is 26.4. The van der Waals surface area contributed by atoms with Gasteiger partial charge < -0.3 is 0 Å². The summed E-state index contributed by atoms with van der Waals surface area (Å²) in [6, 6.07) is 0. The van der Waals surface area contributed by atoms with Gasteiger partial charge in [-0.25, -0.2) is 0 Å². The van der Waals surface area contributed by atoms with Crippen LogP contribution in [0.2, 0.25) is 0 Å². The maximum Gasteiger partial charge on any atom is 0.267 e. The third-order valence-corrected chi connectivity index (χ3v) is 7.85. The first-order chi connectivity index (χ1) is 16.1. The van der Waals surface area contributed by atoms with Gasteiger partial charge in [-0.3, -0.25) is 8.57 Å². The molecule has 0 aliphatic heterocycles. The van der Waals surface area contributed by atoms with Gasteiger partial charge in [-0.05, 0) is 19.3 Å². The lowest BCUT2D eigenvalue weighted by molar-refractivity contribution is 0.305. The van der Waals surface area contributed by atoms with Crippen LogP contribution in [-0.4, -0.2) is 27.5 Å². The molecule has 0 unspecified atom stereocenters. The van der Waals surface area contributed by atoms with Gasteiger partial charge in [-0.1, -0.05) is 142 Å². The van der Waals surface area contributed by atoms with E-state index in [4.69, 9.17) is 4.18 Å². The Kier molecular flexibility index (Phi) is 26.3. The zero-order valence-corrected chi connectivity index (χ0v) is 22.9. The first kappa shape index (κ1) is 32.8. The van der Waals surface area contributed by atoms with Crippen molar-refractivity contribution in [3.63, 3.8) is 0 Å². The summed E-state index contributed by atoms with van der Waals surface area (Å²) in [5.74, 6) is 0.147. The Bertz CT molecular complexity index is 468. The van der Waals surface area contributed by atoms with Crippen LogP contribution in [0.3, 0.4) is 0 Å². The van der Waals surface area contributed by atoms with Gasteiger partial charge in [-0.2, -0.15) is 8.42 Å². The van der Waals surface area contributed by atoms with Crippen molar-refractivity contribution in [2.24, 2.45) is 0 Å². The van der Waals surface area contributed by atoms with E-state index in [1.807, 2.05) is 0 Å². The largest absolute Gasteiger partial charge is 0.270 e. The lowest BCUT2D eigenvalue weighted by Gasteiger charge is -2.06. The molecule has 0 saturated heterocycles. The number of alkyl halides is 1. The van der Waals surface area contributed by atoms with E-state index in [-0.39, 0.29) is 12.4 Å². The number of halogens is 1. The van der Waals surface area contributed by atoms with Crippen molar-refractivity contribution in [1.82, 2.24) is 0 Å². The monoisotopic (exact) mass is 492 g/mol. The molecule has 0 aromatic carbocycles. The summed E-state index contributed by atoms with van der Waals surface area (Å²) >= 11 is 0. The molecule has 0 aliphatic rings. The molecule has 0 fully saturated rings. The molecule has 200 valence electrons. The third-order valence-electron chi connectivity index (χ3n) is 6.54. The average molecular weight is 493 g/mol. The van der Waals surface area contributed by atoms with E-state index in [1.54, 1.807) is 0 Å². The fourth-order valence-electron chi connectivity index (χ4n) is 4.33. The first-order valence-corrected chi connectivity index (χ1v) is 16.1. The molecule has 0 rings (SSSR count). The summed E-state index contributed by atoms with van der Waals surface area (Å²) in [5, 5.41) is 0. The molecule has 33 heavy (non-hydrogen) atoms. The zero-order valence-electron chi connectivity index (χ0n) is 22.1. The van der Waals surface area contributed by atoms with E-state index >= 15 is 0 Å². The second-order valence-corrected chi connectivity index (χ2v) is 11.7.